The molecule has 0 rings (SSSR count). The Labute approximate surface area is 124 Å². The third-order valence-electron chi connectivity index (χ3n) is 3.85. The normalized spacial score (nSPS) is 17.6. The molecule has 5 nitrogen and oxygen atoms in total. The van der Waals surface area contributed by atoms with E-state index < -0.39 is 21.6 Å². The number of hydrogen-bond acceptors (Lipinski definition) is 5. The molecule has 0 saturated heterocycles. The minimum atomic E-state index is -3.58. The standard InChI is InChI=1S/C13H29O5PSi/c1-9-10-12(14)11(2)19(15,16-6)17-18-20(7,8)13(3,4)5/h11H,9-10H2,1-8H3/t11-,19?/m1/s1. The molecule has 2 atom stereocenters. The summed E-state index contributed by atoms with van der Waals surface area (Å²) in [6.45, 7) is 13.6. The van der Waals surface area contributed by atoms with Crippen LogP contribution in [0.5, 0.6) is 0 Å². The molecule has 7 heteroatoms. The van der Waals surface area contributed by atoms with Gasteiger partial charge in [0, 0.05) is 13.5 Å². The van der Waals surface area contributed by atoms with Gasteiger partial charge in [0.2, 0.25) is 8.32 Å². The first-order chi connectivity index (χ1) is 8.91. The van der Waals surface area contributed by atoms with Gasteiger partial charge < -0.3 is 4.52 Å². The average Bonchev–Trinajstić information content (AvgIpc) is 2.34. The third kappa shape index (κ3) is 5.08. The van der Waals surface area contributed by atoms with Gasteiger partial charge >= 0.3 is 7.60 Å². The zero-order valence-corrected chi connectivity index (χ0v) is 15.9. The highest BCUT2D eigenvalue weighted by molar-refractivity contribution is 7.55. The van der Waals surface area contributed by atoms with Gasteiger partial charge in [0.1, 0.15) is 11.4 Å². The van der Waals surface area contributed by atoms with E-state index in [0.29, 0.717) is 12.8 Å². The van der Waals surface area contributed by atoms with E-state index in [-0.39, 0.29) is 10.8 Å². The minimum Gasteiger partial charge on any atom is -0.310 e. The van der Waals surface area contributed by atoms with E-state index in [9.17, 15) is 9.36 Å². The monoisotopic (exact) mass is 324 g/mol. The molecule has 20 heavy (non-hydrogen) atoms. The lowest BCUT2D eigenvalue weighted by Gasteiger charge is -2.35. The molecule has 0 spiro atoms. The summed E-state index contributed by atoms with van der Waals surface area (Å²) in [6.07, 6.45) is 1.06. The van der Waals surface area contributed by atoms with Crippen LogP contribution < -0.4 is 0 Å². The lowest BCUT2D eigenvalue weighted by atomic mass is 10.2. The Morgan fingerprint density at radius 3 is 2.15 bits per heavy atom. The maximum Gasteiger partial charge on any atom is 0.366 e. The van der Waals surface area contributed by atoms with Crippen LogP contribution in [-0.4, -0.2) is 26.9 Å². The maximum atomic E-state index is 12.6. The first-order valence-corrected chi connectivity index (χ1v) is 11.5. The Balaban J connectivity index is 4.93. The van der Waals surface area contributed by atoms with Crippen molar-refractivity contribution in [3.05, 3.63) is 0 Å². The van der Waals surface area contributed by atoms with Crippen LogP contribution in [0.15, 0.2) is 0 Å². The average molecular weight is 324 g/mol. The Bertz CT molecular complexity index is 375. The Hall–Kier alpha value is -0.00312. The van der Waals surface area contributed by atoms with Crippen LogP contribution >= 0.6 is 7.60 Å². The summed E-state index contributed by atoms with van der Waals surface area (Å²) < 4.78 is 28.3. The highest BCUT2D eigenvalue weighted by Gasteiger charge is 2.44. The minimum absolute atomic E-state index is 0.0811. The smallest absolute Gasteiger partial charge is 0.310 e. The van der Waals surface area contributed by atoms with Crippen molar-refractivity contribution in [2.45, 2.75) is 71.3 Å². The second kappa shape index (κ2) is 7.32. The van der Waals surface area contributed by atoms with Crippen LogP contribution in [0.1, 0.15) is 47.5 Å². The second-order valence-electron chi connectivity index (χ2n) is 6.53. The van der Waals surface area contributed by atoms with Crippen LogP contribution in [0.4, 0.5) is 0 Å². The molecule has 0 radical (unpaired) electrons. The van der Waals surface area contributed by atoms with E-state index in [2.05, 4.69) is 0 Å². The molecule has 0 aliphatic carbocycles. The molecule has 0 fully saturated rings. The number of Topliss-reactive ketones (excluding diaryl/α,β-unsaturated/α-hetero) is 1. The predicted molar refractivity (Wildman–Crippen MR) is 83.4 cm³/mol. The zero-order chi connectivity index (χ0) is 16.2. The van der Waals surface area contributed by atoms with Crippen molar-refractivity contribution in [3.8, 4) is 0 Å². The summed E-state index contributed by atoms with van der Waals surface area (Å²) in [6, 6.07) is 0. The Morgan fingerprint density at radius 2 is 1.80 bits per heavy atom. The summed E-state index contributed by atoms with van der Waals surface area (Å²) in [5.41, 5.74) is -0.808. The molecular formula is C13H29O5PSi. The SMILES string of the molecule is CCCC(=O)[C@@H](C)P(=O)(OC)OO[Si](C)(C)C(C)(C)C. The van der Waals surface area contributed by atoms with Crippen LogP contribution in [0, 0.1) is 0 Å². The molecule has 0 aliphatic rings. The van der Waals surface area contributed by atoms with Gasteiger partial charge in [-0.2, -0.15) is 4.67 Å². The van der Waals surface area contributed by atoms with E-state index in [1.54, 1.807) is 6.92 Å². The molecule has 0 aromatic carbocycles. The fourth-order valence-corrected chi connectivity index (χ4v) is 3.55. The molecule has 0 heterocycles. The van der Waals surface area contributed by atoms with Gasteiger partial charge in [-0.25, -0.2) is 0 Å². The first-order valence-electron chi connectivity index (χ1n) is 6.97. The highest BCUT2D eigenvalue weighted by Crippen LogP contribution is 2.54. The fraction of sp³-hybridized carbons (Fsp3) is 0.923. The van der Waals surface area contributed by atoms with Crippen LogP contribution in [0.3, 0.4) is 0 Å². The van der Waals surface area contributed by atoms with Crippen LogP contribution in [0.25, 0.3) is 0 Å². The Morgan fingerprint density at radius 1 is 1.30 bits per heavy atom. The molecule has 0 saturated carbocycles. The Kier molecular flexibility index (Phi) is 7.32. The first kappa shape index (κ1) is 20.0. The van der Waals surface area contributed by atoms with Gasteiger partial charge in [0.25, 0.3) is 0 Å². The largest absolute Gasteiger partial charge is 0.366 e. The lowest BCUT2D eigenvalue weighted by Crippen LogP contribution is -2.40. The van der Waals surface area contributed by atoms with Crippen molar-refractivity contribution < 1.29 is 23.1 Å². The number of carbonyl (C=O) groups excluding carboxylic acids is 1. The molecule has 0 aromatic rings. The summed E-state index contributed by atoms with van der Waals surface area (Å²) >= 11 is 0. The predicted octanol–water partition coefficient (Wildman–Crippen LogP) is 4.54. The third-order valence-corrected chi connectivity index (χ3v) is 10.1. The van der Waals surface area contributed by atoms with Gasteiger partial charge in [0.05, 0.1) is 0 Å². The van der Waals surface area contributed by atoms with Gasteiger partial charge in [-0.3, -0.25) is 13.9 Å². The zero-order valence-electron chi connectivity index (χ0n) is 14.0. The number of carbonyl (C=O) groups is 1. The van der Waals surface area contributed by atoms with Gasteiger partial charge in [-0.05, 0) is 31.5 Å². The van der Waals surface area contributed by atoms with E-state index in [1.807, 2.05) is 40.8 Å². The molecule has 0 amide bonds. The van der Waals surface area contributed by atoms with E-state index in [1.165, 1.54) is 7.11 Å². The van der Waals surface area contributed by atoms with Crippen molar-refractivity contribution in [2.75, 3.05) is 7.11 Å². The molecule has 0 aromatic heterocycles. The van der Waals surface area contributed by atoms with Crippen molar-refractivity contribution in [1.29, 1.82) is 0 Å². The molecule has 1 unspecified atom stereocenters. The van der Waals surface area contributed by atoms with Gasteiger partial charge in [0.15, 0.2) is 0 Å². The second-order valence-corrected chi connectivity index (χ2v) is 13.6. The van der Waals surface area contributed by atoms with Crippen molar-refractivity contribution >= 4 is 21.7 Å². The van der Waals surface area contributed by atoms with Gasteiger partial charge in [-0.1, -0.05) is 27.7 Å². The summed E-state index contributed by atoms with van der Waals surface area (Å²) in [5.74, 6) is -0.128. The van der Waals surface area contributed by atoms with Crippen molar-refractivity contribution in [1.82, 2.24) is 0 Å². The quantitative estimate of drug-likeness (QED) is 0.284. The maximum absolute atomic E-state index is 12.6. The van der Waals surface area contributed by atoms with Gasteiger partial charge in [-0.15, -0.1) is 0 Å². The fourth-order valence-electron chi connectivity index (χ4n) is 1.15. The number of rotatable bonds is 8. The van der Waals surface area contributed by atoms with Crippen LogP contribution in [-0.2, 0) is 23.1 Å². The van der Waals surface area contributed by atoms with E-state index >= 15 is 0 Å². The van der Waals surface area contributed by atoms with E-state index in [4.69, 9.17) is 13.8 Å². The summed E-state index contributed by atoms with van der Waals surface area (Å²) in [4.78, 5) is 11.9. The topological polar surface area (TPSA) is 61.8 Å². The molecule has 0 bridgehead atoms. The molecule has 120 valence electrons. The van der Waals surface area contributed by atoms with Crippen LogP contribution in [0.2, 0.25) is 18.1 Å². The van der Waals surface area contributed by atoms with Crippen molar-refractivity contribution in [3.63, 3.8) is 0 Å². The molecule has 0 N–H and O–H groups in total. The van der Waals surface area contributed by atoms with E-state index in [0.717, 1.165) is 0 Å². The highest BCUT2D eigenvalue weighted by atomic mass is 31.2. The summed E-state index contributed by atoms with van der Waals surface area (Å²) in [7, 11) is -4.51. The molecule has 0 aliphatic heterocycles. The number of hydrogen-bond donors (Lipinski definition) is 0. The molecular weight excluding hydrogens is 295 g/mol. The number of ketones is 1. The summed E-state index contributed by atoms with van der Waals surface area (Å²) in [5, 5.41) is -0.0811. The van der Waals surface area contributed by atoms with Crippen molar-refractivity contribution in [2.24, 2.45) is 0 Å². The lowest BCUT2D eigenvalue weighted by molar-refractivity contribution is -0.132.